The van der Waals surface area contributed by atoms with Crippen LogP contribution in [-0.4, -0.2) is 4.98 Å². The smallest absolute Gasteiger partial charge is 0.320 e. The molecule has 0 radical (unpaired) electrons. The van der Waals surface area contributed by atoms with Gasteiger partial charge in [0.05, 0.1) is 22.3 Å². The molecule has 0 saturated heterocycles. The van der Waals surface area contributed by atoms with E-state index in [0.717, 1.165) is 27.7 Å². The number of aryl methyl sites for hydroxylation is 2. The Kier molecular flexibility index (Phi) is 3.64. The number of benzene rings is 1. The minimum atomic E-state index is -4.32. The first-order valence-corrected chi connectivity index (χ1v) is 6.47. The lowest BCUT2D eigenvalue weighted by molar-refractivity contribution is -0.137. The molecule has 2 rings (SSSR count). The van der Waals surface area contributed by atoms with E-state index in [2.05, 4.69) is 4.98 Å². The van der Waals surface area contributed by atoms with E-state index in [9.17, 15) is 13.2 Å². The van der Waals surface area contributed by atoms with Gasteiger partial charge < -0.3 is 5.73 Å². The van der Waals surface area contributed by atoms with E-state index >= 15 is 0 Å². The minimum Gasteiger partial charge on any atom is -0.320 e. The Balaban J connectivity index is 2.30. The molecule has 2 nitrogen and oxygen atoms in total. The van der Waals surface area contributed by atoms with Crippen molar-refractivity contribution in [2.24, 2.45) is 5.73 Å². The van der Waals surface area contributed by atoms with Gasteiger partial charge in [-0.2, -0.15) is 13.2 Å². The van der Waals surface area contributed by atoms with Crippen molar-refractivity contribution in [1.82, 2.24) is 4.98 Å². The summed E-state index contributed by atoms with van der Waals surface area (Å²) in [4.78, 5) is 5.16. The summed E-state index contributed by atoms with van der Waals surface area (Å²) in [6.45, 7) is 3.73. The highest BCUT2D eigenvalue weighted by atomic mass is 32.1. The average Bonchev–Trinajstić information content (AvgIpc) is 2.66. The maximum Gasteiger partial charge on any atom is 0.416 e. The summed E-state index contributed by atoms with van der Waals surface area (Å²) >= 11 is 1.47. The minimum absolute atomic E-state index is 0.437. The average molecular weight is 286 g/mol. The van der Waals surface area contributed by atoms with Crippen molar-refractivity contribution in [2.75, 3.05) is 0 Å². The van der Waals surface area contributed by atoms with Crippen LogP contribution in [0.1, 0.15) is 32.7 Å². The molecule has 0 saturated carbocycles. The standard InChI is InChI=1S/C13H13F3N2S/c1-7-12(19-8(2)18-7)11(17)9-3-5-10(6-4-9)13(14,15)16/h3-6,11H,17H2,1-2H3. The van der Waals surface area contributed by atoms with Crippen molar-refractivity contribution in [2.45, 2.75) is 26.1 Å². The third kappa shape index (κ3) is 2.96. The van der Waals surface area contributed by atoms with Crippen LogP contribution in [-0.2, 0) is 6.18 Å². The van der Waals surface area contributed by atoms with Gasteiger partial charge in [0.15, 0.2) is 0 Å². The molecular weight excluding hydrogens is 273 g/mol. The topological polar surface area (TPSA) is 38.9 Å². The van der Waals surface area contributed by atoms with Crippen LogP contribution in [0.4, 0.5) is 13.2 Å². The fourth-order valence-corrected chi connectivity index (χ4v) is 2.82. The summed E-state index contributed by atoms with van der Waals surface area (Å²) in [5, 5.41) is 0.898. The SMILES string of the molecule is Cc1nc(C)c(C(N)c2ccc(C(F)(F)F)cc2)s1. The van der Waals surface area contributed by atoms with Gasteiger partial charge in [0.1, 0.15) is 0 Å². The first kappa shape index (κ1) is 14.0. The van der Waals surface area contributed by atoms with Crippen LogP contribution in [0.25, 0.3) is 0 Å². The van der Waals surface area contributed by atoms with E-state index in [1.807, 2.05) is 13.8 Å². The number of nitrogens with two attached hydrogens (primary N) is 1. The first-order chi connectivity index (χ1) is 8.79. The first-order valence-electron chi connectivity index (χ1n) is 5.65. The molecule has 1 atom stereocenters. The number of thiazole rings is 1. The summed E-state index contributed by atoms with van der Waals surface area (Å²) in [5.74, 6) is 0. The van der Waals surface area contributed by atoms with Gasteiger partial charge in [-0.15, -0.1) is 11.3 Å². The summed E-state index contributed by atoms with van der Waals surface area (Å²) in [6.07, 6.45) is -4.32. The third-order valence-corrected chi connectivity index (χ3v) is 3.97. The zero-order valence-corrected chi connectivity index (χ0v) is 11.3. The van der Waals surface area contributed by atoms with E-state index in [0.29, 0.717) is 5.56 Å². The number of aromatic nitrogens is 1. The van der Waals surface area contributed by atoms with Crippen molar-refractivity contribution >= 4 is 11.3 Å². The molecule has 0 amide bonds. The molecule has 0 aliphatic heterocycles. The van der Waals surface area contributed by atoms with Crippen LogP contribution in [0.2, 0.25) is 0 Å². The molecule has 19 heavy (non-hydrogen) atoms. The van der Waals surface area contributed by atoms with Crippen LogP contribution in [0, 0.1) is 13.8 Å². The lowest BCUT2D eigenvalue weighted by atomic mass is 10.0. The van der Waals surface area contributed by atoms with Gasteiger partial charge in [-0.1, -0.05) is 12.1 Å². The van der Waals surface area contributed by atoms with E-state index < -0.39 is 17.8 Å². The van der Waals surface area contributed by atoms with E-state index in [1.54, 1.807) is 0 Å². The van der Waals surface area contributed by atoms with Crippen LogP contribution in [0.5, 0.6) is 0 Å². The number of alkyl halides is 3. The molecule has 0 aliphatic rings. The second kappa shape index (κ2) is 4.94. The highest BCUT2D eigenvalue weighted by Crippen LogP contribution is 2.32. The van der Waals surface area contributed by atoms with Crippen LogP contribution in [0.3, 0.4) is 0 Å². The predicted octanol–water partition coefficient (Wildman–Crippen LogP) is 3.83. The Labute approximate surface area is 113 Å². The molecule has 0 bridgehead atoms. The van der Waals surface area contributed by atoms with Gasteiger partial charge in [-0.05, 0) is 31.5 Å². The molecule has 6 heteroatoms. The van der Waals surface area contributed by atoms with Crippen molar-refractivity contribution in [3.05, 3.63) is 51.0 Å². The van der Waals surface area contributed by atoms with Gasteiger partial charge >= 0.3 is 6.18 Å². The number of hydrogen-bond acceptors (Lipinski definition) is 3. The Morgan fingerprint density at radius 3 is 2.16 bits per heavy atom. The number of nitrogens with zero attached hydrogens (tertiary/aromatic N) is 1. The van der Waals surface area contributed by atoms with E-state index in [1.165, 1.54) is 23.5 Å². The summed E-state index contributed by atoms with van der Waals surface area (Å²) < 4.78 is 37.4. The Morgan fingerprint density at radius 1 is 1.16 bits per heavy atom. The van der Waals surface area contributed by atoms with Crippen LogP contribution >= 0.6 is 11.3 Å². The van der Waals surface area contributed by atoms with Crippen LogP contribution < -0.4 is 5.73 Å². The molecule has 0 fully saturated rings. The lowest BCUT2D eigenvalue weighted by Crippen LogP contribution is -2.12. The molecule has 1 aromatic carbocycles. The van der Waals surface area contributed by atoms with Crippen molar-refractivity contribution in [3.8, 4) is 0 Å². The van der Waals surface area contributed by atoms with Crippen molar-refractivity contribution < 1.29 is 13.2 Å². The predicted molar refractivity (Wildman–Crippen MR) is 69.1 cm³/mol. The van der Waals surface area contributed by atoms with Gasteiger partial charge in [-0.25, -0.2) is 4.98 Å². The highest BCUT2D eigenvalue weighted by molar-refractivity contribution is 7.11. The molecule has 1 heterocycles. The van der Waals surface area contributed by atoms with Gasteiger partial charge in [0.25, 0.3) is 0 Å². The molecular formula is C13H13F3N2S. The van der Waals surface area contributed by atoms with Crippen molar-refractivity contribution in [3.63, 3.8) is 0 Å². The van der Waals surface area contributed by atoms with Crippen LogP contribution in [0.15, 0.2) is 24.3 Å². The zero-order chi connectivity index (χ0) is 14.2. The van der Waals surface area contributed by atoms with E-state index in [4.69, 9.17) is 5.73 Å². The number of halogens is 3. The normalized spacial score (nSPS) is 13.6. The quantitative estimate of drug-likeness (QED) is 0.911. The largest absolute Gasteiger partial charge is 0.416 e. The van der Waals surface area contributed by atoms with E-state index in [-0.39, 0.29) is 0 Å². The summed E-state index contributed by atoms with van der Waals surface area (Å²) in [6, 6.07) is 4.51. The molecule has 0 aliphatic carbocycles. The Bertz CT molecular complexity index is 573. The summed E-state index contributed by atoms with van der Waals surface area (Å²) in [7, 11) is 0. The fraction of sp³-hybridized carbons (Fsp3) is 0.308. The Hall–Kier alpha value is -1.40. The molecule has 102 valence electrons. The highest BCUT2D eigenvalue weighted by Gasteiger charge is 2.30. The third-order valence-electron chi connectivity index (χ3n) is 2.82. The monoisotopic (exact) mass is 286 g/mol. The maximum absolute atomic E-state index is 12.5. The van der Waals surface area contributed by atoms with Gasteiger partial charge in [-0.3, -0.25) is 0 Å². The zero-order valence-electron chi connectivity index (χ0n) is 10.5. The van der Waals surface area contributed by atoms with Gasteiger partial charge in [0, 0.05) is 4.88 Å². The molecule has 1 unspecified atom stereocenters. The second-order valence-electron chi connectivity index (χ2n) is 4.28. The van der Waals surface area contributed by atoms with Crippen molar-refractivity contribution in [1.29, 1.82) is 0 Å². The lowest BCUT2D eigenvalue weighted by Gasteiger charge is -2.12. The summed E-state index contributed by atoms with van der Waals surface area (Å²) in [5.41, 5.74) is 6.89. The molecule has 2 aromatic rings. The molecule has 1 aromatic heterocycles. The molecule has 0 spiro atoms. The number of rotatable bonds is 2. The maximum atomic E-state index is 12.5. The fourth-order valence-electron chi connectivity index (χ4n) is 1.87. The Morgan fingerprint density at radius 2 is 1.74 bits per heavy atom. The number of hydrogen-bond donors (Lipinski definition) is 1. The van der Waals surface area contributed by atoms with Gasteiger partial charge in [0.2, 0.25) is 0 Å². The molecule has 2 N–H and O–H groups in total. The second-order valence-corrected chi connectivity index (χ2v) is 5.51.